The molecule has 0 radical (unpaired) electrons. The fourth-order valence-electron chi connectivity index (χ4n) is 2.00. The number of hydrogen-bond acceptors (Lipinski definition) is 2. The van der Waals surface area contributed by atoms with Crippen molar-refractivity contribution >= 4 is 17.5 Å². The Labute approximate surface area is 123 Å². The largest absolute Gasteiger partial charge is 0.487 e. The molecule has 2 aromatic rings. The van der Waals surface area contributed by atoms with Crippen molar-refractivity contribution in [3.05, 3.63) is 63.7 Å². The minimum absolute atomic E-state index is 0.258. The van der Waals surface area contributed by atoms with Gasteiger partial charge in [0.1, 0.15) is 12.4 Å². The molecule has 0 aliphatic heterocycles. The first kappa shape index (κ1) is 14.4. The number of carbonyl (C=O) groups excluding carboxylic acids is 1. The molecule has 1 amide bonds. The van der Waals surface area contributed by atoms with Crippen LogP contribution in [0.2, 0.25) is 5.02 Å². The van der Waals surface area contributed by atoms with Crippen molar-refractivity contribution in [3.63, 3.8) is 0 Å². The standard InChI is InChI=1S/C16H16ClNO2/c1-10-6-7-15(14(17)8-10)20-9-13-11(2)4-3-5-12(13)16(18)19/h3-8H,9H2,1-2H3,(H2,18,19). The number of rotatable bonds is 4. The molecule has 3 nitrogen and oxygen atoms in total. The molecule has 0 aromatic heterocycles. The van der Waals surface area contributed by atoms with Gasteiger partial charge in [0.05, 0.1) is 5.02 Å². The van der Waals surface area contributed by atoms with Gasteiger partial charge in [-0.2, -0.15) is 0 Å². The molecule has 0 atom stereocenters. The Morgan fingerprint density at radius 1 is 1.25 bits per heavy atom. The van der Waals surface area contributed by atoms with Gasteiger partial charge in [-0.15, -0.1) is 0 Å². The highest BCUT2D eigenvalue weighted by molar-refractivity contribution is 6.32. The number of carbonyl (C=O) groups is 1. The molecule has 0 heterocycles. The summed E-state index contributed by atoms with van der Waals surface area (Å²) < 4.78 is 5.71. The zero-order valence-corrected chi connectivity index (χ0v) is 12.2. The van der Waals surface area contributed by atoms with Gasteiger partial charge in [0.15, 0.2) is 0 Å². The molecule has 0 aliphatic rings. The van der Waals surface area contributed by atoms with Crippen LogP contribution in [0.3, 0.4) is 0 Å². The summed E-state index contributed by atoms with van der Waals surface area (Å²) in [6.45, 7) is 4.14. The van der Waals surface area contributed by atoms with E-state index in [0.29, 0.717) is 16.3 Å². The van der Waals surface area contributed by atoms with Crippen LogP contribution in [0.5, 0.6) is 5.75 Å². The van der Waals surface area contributed by atoms with Crippen LogP contribution in [0, 0.1) is 13.8 Å². The Balaban J connectivity index is 2.25. The highest BCUT2D eigenvalue weighted by atomic mass is 35.5. The Morgan fingerprint density at radius 3 is 2.65 bits per heavy atom. The Bertz CT molecular complexity index is 653. The molecule has 2 rings (SSSR count). The molecule has 104 valence electrons. The number of amides is 1. The fraction of sp³-hybridized carbons (Fsp3) is 0.188. The summed E-state index contributed by atoms with van der Waals surface area (Å²) in [7, 11) is 0. The van der Waals surface area contributed by atoms with Crippen LogP contribution in [-0.4, -0.2) is 5.91 Å². The van der Waals surface area contributed by atoms with Crippen molar-refractivity contribution in [1.29, 1.82) is 0 Å². The van der Waals surface area contributed by atoms with E-state index in [1.54, 1.807) is 12.1 Å². The van der Waals surface area contributed by atoms with Crippen molar-refractivity contribution in [2.75, 3.05) is 0 Å². The van der Waals surface area contributed by atoms with Crippen LogP contribution in [0.15, 0.2) is 36.4 Å². The number of primary amides is 1. The first-order valence-electron chi connectivity index (χ1n) is 6.26. The maximum atomic E-state index is 11.4. The van der Waals surface area contributed by atoms with E-state index in [0.717, 1.165) is 16.7 Å². The molecule has 2 N–H and O–H groups in total. The van der Waals surface area contributed by atoms with Crippen LogP contribution < -0.4 is 10.5 Å². The summed E-state index contributed by atoms with van der Waals surface area (Å²) in [4.78, 5) is 11.4. The van der Waals surface area contributed by atoms with Crippen LogP contribution in [-0.2, 0) is 6.61 Å². The predicted molar refractivity (Wildman–Crippen MR) is 80.2 cm³/mol. The lowest BCUT2D eigenvalue weighted by Gasteiger charge is -2.13. The Kier molecular flexibility index (Phi) is 4.30. The second kappa shape index (κ2) is 5.97. The first-order valence-corrected chi connectivity index (χ1v) is 6.64. The van der Waals surface area contributed by atoms with Crippen molar-refractivity contribution < 1.29 is 9.53 Å². The molecule has 2 aromatic carbocycles. The van der Waals surface area contributed by atoms with Crippen molar-refractivity contribution in [2.24, 2.45) is 5.73 Å². The second-order valence-electron chi connectivity index (χ2n) is 4.69. The first-order chi connectivity index (χ1) is 9.49. The van der Waals surface area contributed by atoms with E-state index < -0.39 is 5.91 Å². The normalized spacial score (nSPS) is 10.3. The average molecular weight is 290 g/mol. The van der Waals surface area contributed by atoms with Crippen molar-refractivity contribution in [3.8, 4) is 5.75 Å². The molecule has 4 heteroatoms. The van der Waals surface area contributed by atoms with Crippen LogP contribution in [0.25, 0.3) is 0 Å². The minimum atomic E-state index is -0.456. The smallest absolute Gasteiger partial charge is 0.249 e. The fourth-order valence-corrected chi connectivity index (χ4v) is 2.29. The molecule has 0 fully saturated rings. The zero-order valence-electron chi connectivity index (χ0n) is 11.4. The van der Waals surface area contributed by atoms with E-state index in [2.05, 4.69) is 0 Å². The molecular weight excluding hydrogens is 274 g/mol. The van der Waals surface area contributed by atoms with Gasteiger partial charge in [-0.1, -0.05) is 29.8 Å². The number of ether oxygens (including phenoxy) is 1. The van der Waals surface area contributed by atoms with E-state index in [-0.39, 0.29) is 6.61 Å². The topological polar surface area (TPSA) is 52.3 Å². The number of halogens is 1. The van der Waals surface area contributed by atoms with Crippen LogP contribution in [0.4, 0.5) is 0 Å². The van der Waals surface area contributed by atoms with E-state index in [4.69, 9.17) is 22.1 Å². The van der Waals surface area contributed by atoms with Gasteiger partial charge in [-0.05, 0) is 43.2 Å². The number of benzene rings is 2. The summed E-state index contributed by atoms with van der Waals surface area (Å²) >= 11 is 6.12. The SMILES string of the molecule is Cc1ccc(OCc2c(C)cccc2C(N)=O)c(Cl)c1. The van der Waals surface area contributed by atoms with Gasteiger partial charge in [-0.3, -0.25) is 4.79 Å². The summed E-state index contributed by atoms with van der Waals surface area (Å²) in [5, 5.41) is 0.555. The van der Waals surface area contributed by atoms with E-state index in [1.165, 1.54) is 0 Å². The minimum Gasteiger partial charge on any atom is -0.487 e. The molecule has 0 spiro atoms. The third-order valence-electron chi connectivity index (χ3n) is 3.14. The lowest BCUT2D eigenvalue weighted by Crippen LogP contribution is -2.15. The lowest BCUT2D eigenvalue weighted by molar-refractivity contribution is 0.0997. The molecule has 0 saturated heterocycles. The van der Waals surface area contributed by atoms with Crippen LogP contribution in [0.1, 0.15) is 27.0 Å². The number of aryl methyl sites for hydroxylation is 2. The second-order valence-corrected chi connectivity index (χ2v) is 5.10. The van der Waals surface area contributed by atoms with Crippen molar-refractivity contribution in [1.82, 2.24) is 0 Å². The van der Waals surface area contributed by atoms with Gasteiger partial charge in [0.2, 0.25) is 5.91 Å². The number of hydrogen-bond donors (Lipinski definition) is 1. The van der Waals surface area contributed by atoms with E-state index in [1.807, 2.05) is 38.1 Å². The maximum Gasteiger partial charge on any atom is 0.249 e. The quantitative estimate of drug-likeness (QED) is 0.934. The predicted octanol–water partition coefficient (Wildman–Crippen LogP) is 3.63. The van der Waals surface area contributed by atoms with E-state index in [9.17, 15) is 4.79 Å². The summed E-state index contributed by atoms with van der Waals surface area (Å²) in [6, 6.07) is 11.0. The summed E-state index contributed by atoms with van der Waals surface area (Å²) in [6.07, 6.45) is 0. The van der Waals surface area contributed by atoms with Gasteiger partial charge >= 0.3 is 0 Å². The average Bonchev–Trinajstić information content (AvgIpc) is 2.38. The maximum absolute atomic E-state index is 11.4. The number of nitrogens with two attached hydrogens (primary N) is 1. The molecule has 20 heavy (non-hydrogen) atoms. The van der Waals surface area contributed by atoms with Crippen molar-refractivity contribution in [2.45, 2.75) is 20.5 Å². The highest BCUT2D eigenvalue weighted by Gasteiger charge is 2.11. The molecular formula is C16H16ClNO2. The molecule has 0 unspecified atom stereocenters. The summed E-state index contributed by atoms with van der Waals surface area (Å²) in [5.74, 6) is 0.137. The van der Waals surface area contributed by atoms with Crippen LogP contribution >= 0.6 is 11.6 Å². The van der Waals surface area contributed by atoms with Gasteiger partial charge < -0.3 is 10.5 Å². The molecule has 0 saturated carbocycles. The lowest BCUT2D eigenvalue weighted by atomic mass is 10.0. The van der Waals surface area contributed by atoms with E-state index >= 15 is 0 Å². The third kappa shape index (κ3) is 3.11. The molecule has 0 bridgehead atoms. The summed E-state index contributed by atoms with van der Waals surface area (Å²) in [5.41, 5.74) is 8.68. The van der Waals surface area contributed by atoms with Gasteiger partial charge in [0.25, 0.3) is 0 Å². The molecule has 0 aliphatic carbocycles. The van der Waals surface area contributed by atoms with Gasteiger partial charge in [-0.25, -0.2) is 0 Å². The highest BCUT2D eigenvalue weighted by Crippen LogP contribution is 2.27. The third-order valence-corrected chi connectivity index (χ3v) is 3.43. The Hall–Kier alpha value is -2.00. The monoisotopic (exact) mass is 289 g/mol. The zero-order chi connectivity index (χ0) is 14.7. The Morgan fingerprint density at radius 2 is 2.00 bits per heavy atom. The van der Waals surface area contributed by atoms with Gasteiger partial charge in [0, 0.05) is 11.1 Å².